The number of ether oxygens (including phenoxy) is 3. The fraction of sp³-hybridized carbons (Fsp3) is 0.737. The Morgan fingerprint density at radius 2 is 0.651 bits per heavy atom. The highest BCUT2D eigenvalue weighted by atomic mass is 16.6. The average molecular weight is 879 g/mol. The van der Waals surface area contributed by atoms with Gasteiger partial charge in [-0.2, -0.15) is 0 Å². The molecule has 6 heteroatoms. The van der Waals surface area contributed by atoms with Crippen molar-refractivity contribution >= 4 is 17.9 Å². The maximum atomic E-state index is 12.8. The summed E-state index contributed by atoms with van der Waals surface area (Å²) in [7, 11) is 0. The van der Waals surface area contributed by atoms with E-state index in [0.717, 1.165) is 70.6 Å². The lowest BCUT2D eigenvalue weighted by atomic mass is 10.1. The number of hydrogen-bond acceptors (Lipinski definition) is 6. The molecule has 0 aliphatic heterocycles. The molecule has 0 N–H and O–H groups in total. The summed E-state index contributed by atoms with van der Waals surface area (Å²) in [6, 6.07) is 0. The molecule has 0 bridgehead atoms. The molecule has 0 rings (SSSR count). The average Bonchev–Trinajstić information content (AvgIpc) is 3.28. The van der Waals surface area contributed by atoms with Crippen molar-refractivity contribution in [2.75, 3.05) is 13.2 Å². The summed E-state index contributed by atoms with van der Waals surface area (Å²) in [5.74, 6) is -0.989. The second kappa shape index (κ2) is 51.5. The third-order valence-electron chi connectivity index (χ3n) is 11.2. The summed E-state index contributed by atoms with van der Waals surface area (Å²) in [6.45, 7) is 6.50. The molecule has 6 nitrogen and oxygen atoms in total. The molecule has 0 aliphatic rings. The zero-order valence-electron chi connectivity index (χ0n) is 41.3. The van der Waals surface area contributed by atoms with Crippen molar-refractivity contribution in [3.63, 3.8) is 0 Å². The first-order valence-corrected chi connectivity index (χ1v) is 26.5. The highest BCUT2D eigenvalue weighted by Gasteiger charge is 2.19. The van der Waals surface area contributed by atoms with Gasteiger partial charge in [0, 0.05) is 19.3 Å². The van der Waals surface area contributed by atoms with Gasteiger partial charge < -0.3 is 14.2 Å². The third kappa shape index (κ3) is 49.7. The van der Waals surface area contributed by atoms with Crippen LogP contribution < -0.4 is 0 Å². The van der Waals surface area contributed by atoms with E-state index in [2.05, 4.69) is 93.7 Å². The first kappa shape index (κ1) is 59.9. The molecule has 362 valence electrons. The maximum absolute atomic E-state index is 12.8. The molecule has 0 aromatic carbocycles. The lowest BCUT2D eigenvalue weighted by Gasteiger charge is -2.18. The smallest absolute Gasteiger partial charge is 0.306 e. The molecule has 0 radical (unpaired) electrons. The summed E-state index contributed by atoms with van der Waals surface area (Å²) in [5.41, 5.74) is 0. The van der Waals surface area contributed by atoms with Gasteiger partial charge in [0.25, 0.3) is 0 Å². The van der Waals surface area contributed by atoms with Crippen molar-refractivity contribution in [1.29, 1.82) is 0 Å². The molecule has 0 amide bonds. The molecule has 0 saturated heterocycles. The predicted molar refractivity (Wildman–Crippen MR) is 270 cm³/mol. The summed E-state index contributed by atoms with van der Waals surface area (Å²) in [6.07, 6.45) is 64.7. The van der Waals surface area contributed by atoms with Crippen LogP contribution in [0.4, 0.5) is 0 Å². The van der Waals surface area contributed by atoms with Gasteiger partial charge in [-0.05, 0) is 96.3 Å². The van der Waals surface area contributed by atoms with E-state index in [4.69, 9.17) is 14.2 Å². The van der Waals surface area contributed by atoms with Gasteiger partial charge >= 0.3 is 17.9 Å². The van der Waals surface area contributed by atoms with Crippen LogP contribution in [-0.2, 0) is 28.6 Å². The fourth-order valence-electron chi connectivity index (χ4n) is 7.14. The Hall–Kier alpha value is -3.15. The lowest BCUT2D eigenvalue weighted by Crippen LogP contribution is -2.30. The van der Waals surface area contributed by atoms with Crippen LogP contribution in [0.1, 0.15) is 252 Å². The van der Waals surface area contributed by atoms with Gasteiger partial charge in [0.15, 0.2) is 6.10 Å². The summed E-state index contributed by atoms with van der Waals surface area (Å²) >= 11 is 0. The third-order valence-corrected chi connectivity index (χ3v) is 11.2. The Bertz CT molecular complexity index is 1190. The van der Waals surface area contributed by atoms with E-state index < -0.39 is 6.10 Å². The molecular formula is C57H98O6. The minimum atomic E-state index is -0.808. The second-order valence-electron chi connectivity index (χ2n) is 17.5. The van der Waals surface area contributed by atoms with Gasteiger partial charge in [0.2, 0.25) is 0 Å². The molecule has 1 unspecified atom stereocenters. The van der Waals surface area contributed by atoms with Crippen molar-refractivity contribution in [2.45, 2.75) is 258 Å². The Morgan fingerprint density at radius 1 is 0.333 bits per heavy atom. The Kier molecular flexibility index (Phi) is 48.9. The largest absolute Gasteiger partial charge is 0.462 e. The van der Waals surface area contributed by atoms with Crippen LogP contribution in [-0.4, -0.2) is 37.2 Å². The van der Waals surface area contributed by atoms with Gasteiger partial charge in [-0.3, -0.25) is 14.4 Å². The highest BCUT2D eigenvalue weighted by molar-refractivity contribution is 5.71. The monoisotopic (exact) mass is 879 g/mol. The fourth-order valence-corrected chi connectivity index (χ4v) is 7.14. The van der Waals surface area contributed by atoms with Crippen molar-refractivity contribution in [3.8, 4) is 0 Å². The van der Waals surface area contributed by atoms with E-state index in [1.54, 1.807) is 0 Å². The summed E-state index contributed by atoms with van der Waals surface area (Å²) in [4.78, 5) is 37.9. The zero-order valence-corrected chi connectivity index (χ0v) is 41.3. The lowest BCUT2D eigenvalue weighted by molar-refractivity contribution is -0.167. The van der Waals surface area contributed by atoms with Gasteiger partial charge in [-0.15, -0.1) is 0 Å². The van der Waals surface area contributed by atoms with E-state index in [9.17, 15) is 14.4 Å². The van der Waals surface area contributed by atoms with E-state index >= 15 is 0 Å². The van der Waals surface area contributed by atoms with E-state index in [-0.39, 0.29) is 37.5 Å². The molecule has 0 aromatic heterocycles. The Morgan fingerprint density at radius 3 is 1.13 bits per heavy atom. The van der Waals surface area contributed by atoms with Crippen LogP contribution in [0, 0.1) is 0 Å². The SMILES string of the molecule is CCCC/C=C\C=C/CCCCCC(=O)OCC(COC(=O)CCC/C=C\C/C=C\C/C=C\CCCCCCCC)OC(=O)CCCCCCCCC/C=C\CCCCCCCC. The Labute approximate surface area is 389 Å². The standard InChI is InChI=1S/C57H98O6/c1-4-7-10-13-16-19-22-24-26-28-30-32-35-38-41-44-47-50-56(59)62-53-54(52-61-55(58)49-46-43-40-37-34-21-18-15-12-9-6-3)63-57(60)51-48-45-42-39-36-33-31-29-27-25-23-20-17-14-11-8-5-2/h15,18,21,24-27,30,32,34,38,41,54H,4-14,16-17,19-20,22-23,28-29,31,33,35-37,39-40,42-53H2,1-3H3/b18-15-,26-24-,27-25-,32-30-,34-21-,41-38-. The number of hydrogen-bond donors (Lipinski definition) is 0. The van der Waals surface area contributed by atoms with Crippen molar-refractivity contribution in [2.24, 2.45) is 0 Å². The first-order valence-electron chi connectivity index (χ1n) is 26.5. The van der Waals surface area contributed by atoms with Crippen LogP contribution in [0.5, 0.6) is 0 Å². The molecule has 0 fully saturated rings. The number of carbonyl (C=O) groups excluding carboxylic acids is 3. The number of allylic oxidation sites excluding steroid dienone is 12. The van der Waals surface area contributed by atoms with Crippen LogP contribution in [0.15, 0.2) is 72.9 Å². The highest BCUT2D eigenvalue weighted by Crippen LogP contribution is 2.14. The Balaban J connectivity index is 4.46. The van der Waals surface area contributed by atoms with Crippen molar-refractivity contribution in [1.82, 2.24) is 0 Å². The molecule has 0 heterocycles. The van der Waals surface area contributed by atoms with E-state index in [1.165, 1.54) is 135 Å². The zero-order chi connectivity index (χ0) is 45.8. The number of unbranched alkanes of at least 4 members (excludes halogenated alkanes) is 25. The van der Waals surface area contributed by atoms with Crippen LogP contribution in [0.2, 0.25) is 0 Å². The van der Waals surface area contributed by atoms with Crippen LogP contribution >= 0.6 is 0 Å². The van der Waals surface area contributed by atoms with Crippen LogP contribution in [0.25, 0.3) is 0 Å². The van der Waals surface area contributed by atoms with Gasteiger partial charge in [-0.25, -0.2) is 0 Å². The minimum absolute atomic E-state index is 0.107. The summed E-state index contributed by atoms with van der Waals surface area (Å²) in [5, 5.41) is 0. The minimum Gasteiger partial charge on any atom is -0.462 e. The molecular weight excluding hydrogens is 781 g/mol. The predicted octanol–water partition coefficient (Wildman–Crippen LogP) is 17.4. The normalized spacial score (nSPS) is 12.6. The van der Waals surface area contributed by atoms with Crippen LogP contribution in [0.3, 0.4) is 0 Å². The number of esters is 3. The van der Waals surface area contributed by atoms with Crippen molar-refractivity contribution in [3.05, 3.63) is 72.9 Å². The topological polar surface area (TPSA) is 78.9 Å². The van der Waals surface area contributed by atoms with Crippen molar-refractivity contribution < 1.29 is 28.6 Å². The number of rotatable bonds is 47. The molecule has 63 heavy (non-hydrogen) atoms. The quantitative estimate of drug-likeness (QED) is 0.0199. The summed E-state index contributed by atoms with van der Waals surface area (Å²) < 4.78 is 16.7. The molecule has 0 saturated carbocycles. The van der Waals surface area contributed by atoms with E-state index in [0.29, 0.717) is 19.3 Å². The van der Waals surface area contributed by atoms with Gasteiger partial charge in [0.1, 0.15) is 13.2 Å². The molecule has 0 aromatic rings. The molecule has 0 spiro atoms. The molecule has 1 atom stereocenters. The van der Waals surface area contributed by atoms with E-state index in [1.807, 2.05) is 0 Å². The number of carbonyl (C=O) groups is 3. The van der Waals surface area contributed by atoms with Gasteiger partial charge in [0.05, 0.1) is 0 Å². The first-order chi connectivity index (χ1) is 31.0. The second-order valence-corrected chi connectivity index (χ2v) is 17.5. The maximum Gasteiger partial charge on any atom is 0.306 e. The molecule has 0 aliphatic carbocycles. The van der Waals surface area contributed by atoms with Gasteiger partial charge in [-0.1, -0.05) is 209 Å².